The van der Waals surface area contributed by atoms with E-state index in [1.807, 2.05) is 38.1 Å². The van der Waals surface area contributed by atoms with Gasteiger partial charge in [-0.05, 0) is 38.0 Å². The third-order valence-electron chi connectivity index (χ3n) is 2.86. The molecule has 0 spiro atoms. The van der Waals surface area contributed by atoms with E-state index in [1.165, 1.54) is 0 Å². The van der Waals surface area contributed by atoms with E-state index in [0.29, 0.717) is 11.0 Å². The highest BCUT2D eigenvalue weighted by Crippen LogP contribution is 2.23. The van der Waals surface area contributed by atoms with E-state index in [2.05, 4.69) is 27.5 Å². The van der Waals surface area contributed by atoms with Crippen LogP contribution in [0.5, 0.6) is 0 Å². The van der Waals surface area contributed by atoms with Crippen molar-refractivity contribution in [2.75, 3.05) is 17.2 Å². The van der Waals surface area contributed by atoms with E-state index < -0.39 is 0 Å². The molecule has 0 aliphatic heterocycles. The fourth-order valence-electron chi connectivity index (χ4n) is 1.82. The first-order valence-corrected chi connectivity index (χ1v) is 7.09. The maximum atomic E-state index is 6.02. The Hall–Kier alpha value is -1.81. The van der Waals surface area contributed by atoms with E-state index in [9.17, 15) is 0 Å². The summed E-state index contributed by atoms with van der Waals surface area (Å²) in [4.78, 5) is 8.86. The monoisotopic (exact) mass is 290 g/mol. The van der Waals surface area contributed by atoms with Crippen LogP contribution < -0.4 is 10.6 Å². The maximum absolute atomic E-state index is 6.02. The Bertz CT molecular complexity index is 598. The second-order valence-corrected chi connectivity index (χ2v) is 5.17. The van der Waals surface area contributed by atoms with Gasteiger partial charge in [-0.25, -0.2) is 4.98 Å². The SMILES string of the molecule is CCCNc1cc(C)nc(Nc2cc(Cl)ccc2C)n1. The molecule has 2 rings (SSSR count). The first kappa shape index (κ1) is 14.6. The lowest BCUT2D eigenvalue weighted by Crippen LogP contribution is -2.06. The highest BCUT2D eigenvalue weighted by atomic mass is 35.5. The molecule has 1 aromatic carbocycles. The lowest BCUT2D eigenvalue weighted by Gasteiger charge is -2.11. The lowest BCUT2D eigenvalue weighted by molar-refractivity contribution is 0.962. The molecule has 0 bridgehead atoms. The van der Waals surface area contributed by atoms with E-state index in [0.717, 1.165) is 35.7 Å². The molecule has 0 aliphatic rings. The molecule has 1 aromatic heterocycles. The number of nitrogens with zero attached hydrogens (tertiary/aromatic N) is 2. The molecule has 20 heavy (non-hydrogen) atoms. The normalized spacial score (nSPS) is 10.4. The van der Waals surface area contributed by atoms with Crippen LogP contribution in [0.3, 0.4) is 0 Å². The van der Waals surface area contributed by atoms with Crippen molar-refractivity contribution >= 4 is 29.1 Å². The number of rotatable bonds is 5. The Morgan fingerprint density at radius 1 is 1.15 bits per heavy atom. The molecule has 106 valence electrons. The smallest absolute Gasteiger partial charge is 0.229 e. The molecule has 0 unspecified atom stereocenters. The molecule has 0 fully saturated rings. The average molecular weight is 291 g/mol. The quantitative estimate of drug-likeness (QED) is 0.861. The first-order valence-electron chi connectivity index (χ1n) is 6.71. The van der Waals surface area contributed by atoms with Crippen molar-refractivity contribution in [3.63, 3.8) is 0 Å². The van der Waals surface area contributed by atoms with Gasteiger partial charge in [0.15, 0.2) is 0 Å². The summed E-state index contributed by atoms with van der Waals surface area (Å²) in [6.07, 6.45) is 1.05. The summed E-state index contributed by atoms with van der Waals surface area (Å²) in [6, 6.07) is 7.65. The van der Waals surface area contributed by atoms with Crippen LogP contribution in [0.25, 0.3) is 0 Å². The highest BCUT2D eigenvalue weighted by Gasteiger charge is 2.05. The minimum absolute atomic E-state index is 0.578. The van der Waals surface area contributed by atoms with Gasteiger partial charge in [0.05, 0.1) is 0 Å². The average Bonchev–Trinajstić information content (AvgIpc) is 2.40. The number of hydrogen-bond donors (Lipinski definition) is 2. The van der Waals surface area contributed by atoms with Crippen LogP contribution in [0.2, 0.25) is 5.02 Å². The molecular weight excluding hydrogens is 272 g/mol. The topological polar surface area (TPSA) is 49.8 Å². The van der Waals surface area contributed by atoms with Gasteiger partial charge in [0, 0.05) is 29.0 Å². The Morgan fingerprint density at radius 3 is 2.70 bits per heavy atom. The number of aryl methyl sites for hydroxylation is 2. The number of nitrogens with one attached hydrogen (secondary N) is 2. The fraction of sp³-hybridized carbons (Fsp3) is 0.333. The van der Waals surface area contributed by atoms with Crippen molar-refractivity contribution in [3.8, 4) is 0 Å². The lowest BCUT2D eigenvalue weighted by atomic mass is 10.2. The summed E-state index contributed by atoms with van der Waals surface area (Å²) in [7, 11) is 0. The van der Waals surface area contributed by atoms with Crippen LogP contribution in [0.15, 0.2) is 24.3 Å². The van der Waals surface area contributed by atoms with Gasteiger partial charge in [0.1, 0.15) is 5.82 Å². The standard InChI is InChI=1S/C15H19ClN4/c1-4-7-17-14-8-11(3)18-15(20-14)19-13-9-12(16)6-5-10(13)2/h5-6,8-9H,4,7H2,1-3H3,(H2,17,18,19,20). The zero-order valence-electron chi connectivity index (χ0n) is 12.0. The Morgan fingerprint density at radius 2 is 1.95 bits per heavy atom. The number of halogens is 1. The minimum Gasteiger partial charge on any atom is -0.370 e. The zero-order valence-corrected chi connectivity index (χ0v) is 12.8. The number of hydrogen-bond acceptors (Lipinski definition) is 4. The number of aromatic nitrogens is 2. The molecule has 0 atom stereocenters. The van der Waals surface area contributed by atoms with Crippen molar-refractivity contribution in [3.05, 3.63) is 40.5 Å². The zero-order chi connectivity index (χ0) is 14.5. The molecule has 0 amide bonds. The van der Waals surface area contributed by atoms with Gasteiger partial charge in [0.25, 0.3) is 0 Å². The predicted octanol–water partition coefficient (Wildman–Crippen LogP) is 4.31. The van der Waals surface area contributed by atoms with E-state index in [4.69, 9.17) is 11.6 Å². The number of anilines is 3. The minimum atomic E-state index is 0.578. The van der Waals surface area contributed by atoms with E-state index in [-0.39, 0.29) is 0 Å². The Kier molecular flexibility index (Phi) is 4.79. The summed E-state index contributed by atoms with van der Waals surface area (Å²) in [5.74, 6) is 1.41. The van der Waals surface area contributed by atoms with E-state index >= 15 is 0 Å². The summed E-state index contributed by atoms with van der Waals surface area (Å²) < 4.78 is 0. The molecule has 0 radical (unpaired) electrons. The van der Waals surface area contributed by atoms with Gasteiger partial charge in [-0.2, -0.15) is 4.98 Å². The summed E-state index contributed by atoms with van der Waals surface area (Å²) in [6.45, 7) is 6.99. The van der Waals surface area contributed by atoms with Crippen molar-refractivity contribution in [2.45, 2.75) is 27.2 Å². The summed E-state index contributed by atoms with van der Waals surface area (Å²) in [5.41, 5.74) is 2.94. The van der Waals surface area contributed by atoms with E-state index in [1.54, 1.807) is 0 Å². The molecule has 4 nitrogen and oxygen atoms in total. The van der Waals surface area contributed by atoms with Crippen molar-refractivity contribution in [2.24, 2.45) is 0 Å². The van der Waals surface area contributed by atoms with Crippen molar-refractivity contribution in [1.82, 2.24) is 9.97 Å². The second-order valence-electron chi connectivity index (χ2n) is 4.73. The Labute approximate surface area is 124 Å². The van der Waals surface area contributed by atoms with Crippen molar-refractivity contribution in [1.29, 1.82) is 0 Å². The van der Waals surface area contributed by atoms with Gasteiger partial charge in [0.2, 0.25) is 5.95 Å². The van der Waals surface area contributed by atoms with Crippen molar-refractivity contribution < 1.29 is 0 Å². The largest absolute Gasteiger partial charge is 0.370 e. The van der Waals surface area contributed by atoms with Crippen LogP contribution >= 0.6 is 11.6 Å². The fourth-order valence-corrected chi connectivity index (χ4v) is 1.99. The van der Waals surface area contributed by atoms with Crippen LogP contribution in [0.1, 0.15) is 24.6 Å². The molecule has 2 N–H and O–H groups in total. The number of benzene rings is 1. The molecule has 1 heterocycles. The first-order chi connectivity index (χ1) is 9.58. The second kappa shape index (κ2) is 6.57. The van der Waals surface area contributed by atoms with Gasteiger partial charge in [-0.1, -0.05) is 24.6 Å². The molecule has 5 heteroatoms. The van der Waals surface area contributed by atoms with Gasteiger partial charge < -0.3 is 10.6 Å². The predicted molar refractivity (Wildman–Crippen MR) is 85.0 cm³/mol. The third kappa shape index (κ3) is 3.84. The highest BCUT2D eigenvalue weighted by molar-refractivity contribution is 6.30. The van der Waals surface area contributed by atoms with Crippen LogP contribution in [0.4, 0.5) is 17.5 Å². The Balaban J connectivity index is 2.24. The van der Waals surface area contributed by atoms with Crippen LogP contribution in [-0.2, 0) is 0 Å². The van der Waals surface area contributed by atoms with Crippen LogP contribution in [-0.4, -0.2) is 16.5 Å². The van der Waals surface area contributed by atoms with Crippen LogP contribution in [0, 0.1) is 13.8 Å². The summed E-state index contributed by atoms with van der Waals surface area (Å²) in [5, 5.41) is 7.18. The van der Waals surface area contributed by atoms with Gasteiger partial charge >= 0.3 is 0 Å². The molecule has 0 aliphatic carbocycles. The molecule has 0 saturated carbocycles. The molecule has 0 saturated heterocycles. The molecular formula is C15H19ClN4. The maximum Gasteiger partial charge on any atom is 0.229 e. The third-order valence-corrected chi connectivity index (χ3v) is 3.09. The molecule has 2 aromatic rings. The van der Waals surface area contributed by atoms with Gasteiger partial charge in [-0.15, -0.1) is 0 Å². The summed E-state index contributed by atoms with van der Waals surface area (Å²) >= 11 is 6.02. The van der Waals surface area contributed by atoms with Gasteiger partial charge in [-0.3, -0.25) is 0 Å².